The summed E-state index contributed by atoms with van der Waals surface area (Å²) in [7, 11) is 3.43. The highest BCUT2D eigenvalue weighted by atomic mass is 35.5. The molecule has 4 heteroatoms. The van der Waals surface area contributed by atoms with Gasteiger partial charge in [0, 0.05) is 29.6 Å². The maximum absolute atomic E-state index is 12.9. The lowest BCUT2D eigenvalue weighted by molar-refractivity contribution is 0.0787. The number of hydrogen-bond acceptors (Lipinski definition) is 2. The van der Waals surface area contributed by atoms with Crippen LogP contribution in [0.4, 0.5) is 0 Å². The molecule has 0 aliphatic carbocycles. The number of carbonyl (C=O) groups is 1. The van der Waals surface area contributed by atoms with Crippen molar-refractivity contribution in [3.8, 4) is 5.75 Å². The van der Waals surface area contributed by atoms with Crippen LogP contribution in [-0.4, -0.2) is 25.0 Å². The molecule has 0 aromatic heterocycles. The molecule has 0 aliphatic heterocycles. The quantitative estimate of drug-likeness (QED) is 0.685. The number of hydrogen-bond donors (Lipinski definition) is 0. The molecule has 3 rings (SSSR count). The van der Waals surface area contributed by atoms with Crippen molar-refractivity contribution in [3.05, 3.63) is 76.8 Å². The van der Waals surface area contributed by atoms with E-state index < -0.39 is 0 Å². The second-order valence-electron chi connectivity index (χ2n) is 5.65. The number of ether oxygens (including phenoxy) is 1. The third-order valence-corrected chi connectivity index (χ3v) is 4.22. The number of fused-ring (bicyclic) bond motifs is 1. The Balaban J connectivity index is 1.93. The Kier molecular flexibility index (Phi) is 4.72. The van der Waals surface area contributed by atoms with E-state index in [0.29, 0.717) is 17.1 Å². The first-order chi connectivity index (χ1) is 11.6. The largest absolute Gasteiger partial charge is 0.496 e. The van der Waals surface area contributed by atoms with E-state index in [1.54, 1.807) is 19.1 Å². The summed E-state index contributed by atoms with van der Waals surface area (Å²) in [4.78, 5) is 14.6. The maximum Gasteiger partial charge on any atom is 0.254 e. The standard InChI is InChI=1S/C20H18ClNO2/c1-22(13-14-6-5-7-15(21)12-14)20(23)18-10-11-19(24-2)17-9-4-3-8-16(17)18/h3-12H,13H2,1-2H3. The molecule has 0 unspecified atom stereocenters. The third kappa shape index (κ3) is 3.22. The minimum Gasteiger partial charge on any atom is -0.496 e. The van der Waals surface area contributed by atoms with Crippen molar-refractivity contribution in [1.82, 2.24) is 4.90 Å². The molecule has 122 valence electrons. The Morgan fingerprint density at radius 1 is 1.04 bits per heavy atom. The molecule has 0 radical (unpaired) electrons. The van der Waals surface area contributed by atoms with E-state index in [1.165, 1.54) is 0 Å². The van der Waals surface area contributed by atoms with Gasteiger partial charge in [-0.15, -0.1) is 0 Å². The molecule has 0 bridgehead atoms. The predicted octanol–water partition coefficient (Wildman–Crippen LogP) is 4.77. The van der Waals surface area contributed by atoms with Gasteiger partial charge in [-0.1, -0.05) is 48.0 Å². The van der Waals surface area contributed by atoms with Gasteiger partial charge in [-0.3, -0.25) is 4.79 Å². The normalized spacial score (nSPS) is 10.6. The monoisotopic (exact) mass is 339 g/mol. The maximum atomic E-state index is 12.9. The van der Waals surface area contributed by atoms with Crippen molar-refractivity contribution >= 4 is 28.3 Å². The van der Waals surface area contributed by atoms with Gasteiger partial charge in [0.2, 0.25) is 0 Å². The Bertz CT molecular complexity index is 892. The number of nitrogens with zero attached hydrogens (tertiary/aromatic N) is 1. The summed E-state index contributed by atoms with van der Waals surface area (Å²) in [6.07, 6.45) is 0. The molecule has 1 amide bonds. The number of carbonyl (C=O) groups excluding carboxylic acids is 1. The summed E-state index contributed by atoms with van der Waals surface area (Å²) < 4.78 is 5.39. The van der Waals surface area contributed by atoms with Gasteiger partial charge < -0.3 is 9.64 Å². The van der Waals surface area contributed by atoms with E-state index >= 15 is 0 Å². The van der Waals surface area contributed by atoms with Crippen LogP contribution in [0.25, 0.3) is 10.8 Å². The number of rotatable bonds is 4. The second-order valence-corrected chi connectivity index (χ2v) is 6.09. The fourth-order valence-electron chi connectivity index (χ4n) is 2.82. The zero-order valence-corrected chi connectivity index (χ0v) is 14.4. The summed E-state index contributed by atoms with van der Waals surface area (Å²) in [6.45, 7) is 0.500. The Morgan fingerprint density at radius 3 is 2.50 bits per heavy atom. The van der Waals surface area contributed by atoms with Crippen molar-refractivity contribution < 1.29 is 9.53 Å². The van der Waals surface area contributed by atoms with E-state index in [-0.39, 0.29) is 5.91 Å². The van der Waals surface area contributed by atoms with Crippen LogP contribution in [0.2, 0.25) is 5.02 Å². The molecular formula is C20H18ClNO2. The minimum absolute atomic E-state index is 0.0335. The number of halogens is 1. The first-order valence-electron chi connectivity index (χ1n) is 7.66. The van der Waals surface area contributed by atoms with Gasteiger partial charge in [0.15, 0.2) is 0 Å². The second kappa shape index (κ2) is 6.93. The van der Waals surface area contributed by atoms with Gasteiger partial charge in [-0.2, -0.15) is 0 Å². The SMILES string of the molecule is COc1ccc(C(=O)N(C)Cc2cccc(Cl)c2)c2ccccc12. The first-order valence-corrected chi connectivity index (χ1v) is 8.03. The van der Waals surface area contributed by atoms with Crippen LogP contribution in [0.3, 0.4) is 0 Å². The average molecular weight is 340 g/mol. The molecule has 0 spiro atoms. The first kappa shape index (κ1) is 16.3. The van der Waals surface area contributed by atoms with Crippen molar-refractivity contribution in [2.45, 2.75) is 6.54 Å². The van der Waals surface area contributed by atoms with Gasteiger partial charge in [0.1, 0.15) is 5.75 Å². The average Bonchev–Trinajstić information content (AvgIpc) is 2.60. The minimum atomic E-state index is -0.0335. The van der Waals surface area contributed by atoms with Gasteiger partial charge in [0.25, 0.3) is 5.91 Å². The smallest absolute Gasteiger partial charge is 0.254 e. The van der Waals surface area contributed by atoms with Crippen LogP contribution in [0, 0.1) is 0 Å². The molecule has 0 saturated heterocycles. The van der Waals surface area contributed by atoms with E-state index in [0.717, 1.165) is 22.1 Å². The zero-order chi connectivity index (χ0) is 17.1. The molecule has 0 heterocycles. The topological polar surface area (TPSA) is 29.5 Å². The van der Waals surface area contributed by atoms with Crippen LogP contribution in [0.5, 0.6) is 5.75 Å². The lowest BCUT2D eigenvalue weighted by atomic mass is 10.0. The third-order valence-electron chi connectivity index (χ3n) is 3.99. The Hall–Kier alpha value is -2.52. The molecule has 0 saturated carbocycles. The molecule has 0 N–H and O–H groups in total. The molecule has 3 nitrogen and oxygen atoms in total. The Labute approximate surface area is 146 Å². The summed E-state index contributed by atoms with van der Waals surface area (Å²) >= 11 is 6.02. The van der Waals surface area contributed by atoms with Crippen LogP contribution < -0.4 is 4.74 Å². The molecule has 24 heavy (non-hydrogen) atoms. The highest BCUT2D eigenvalue weighted by Crippen LogP contribution is 2.29. The molecule has 3 aromatic rings. The molecular weight excluding hydrogens is 322 g/mol. The van der Waals surface area contributed by atoms with Crippen LogP contribution in [0.1, 0.15) is 15.9 Å². The van der Waals surface area contributed by atoms with Crippen LogP contribution in [0.15, 0.2) is 60.7 Å². The van der Waals surface area contributed by atoms with Gasteiger partial charge in [-0.05, 0) is 35.2 Å². The van der Waals surface area contributed by atoms with Gasteiger partial charge >= 0.3 is 0 Å². The van der Waals surface area contributed by atoms with Crippen molar-refractivity contribution in [2.24, 2.45) is 0 Å². The Morgan fingerprint density at radius 2 is 1.79 bits per heavy atom. The summed E-state index contributed by atoms with van der Waals surface area (Å²) in [5, 5.41) is 2.49. The highest BCUT2D eigenvalue weighted by Gasteiger charge is 2.16. The van der Waals surface area contributed by atoms with E-state index in [9.17, 15) is 4.79 Å². The van der Waals surface area contributed by atoms with E-state index in [4.69, 9.17) is 16.3 Å². The molecule has 0 fully saturated rings. The van der Waals surface area contributed by atoms with Crippen molar-refractivity contribution in [3.63, 3.8) is 0 Å². The van der Waals surface area contributed by atoms with Crippen molar-refractivity contribution in [2.75, 3.05) is 14.2 Å². The highest BCUT2D eigenvalue weighted by molar-refractivity contribution is 6.30. The van der Waals surface area contributed by atoms with Crippen LogP contribution in [-0.2, 0) is 6.54 Å². The fourth-order valence-corrected chi connectivity index (χ4v) is 3.04. The molecule has 3 aromatic carbocycles. The zero-order valence-electron chi connectivity index (χ0n) is 13.6. The lowest BCUT2D eigenvalue weighted by Gasteiger charge is -2.19. The number of benzene rings is 3. The van der Waals surface area contributed by atoms with Gasteiger partial charge in [-0.25, -0.2) is 0 Å². The summed E-state index contributed by atoms with van der Waals surface area (Å²) in [5.41, 5.74) is 1.66. The number of methoxy groups -OCH3 is 1. The lowest BCUT2D eigenvalue weighted by Crippen LogP contribution is -2.26. The molecule has 0 aliphatic rings. The number of amides is 1. The van der Waals surface area contributed by atoms with Gasteiger partial charge in [0.05, 0.1) is 7.11 Å². The van der Waals surface area contributed by atoms with Crippen molar-refractivity contribution in [1.29, 1.82) is 0 Å². The molecule has 0 atom stereocenters. The van der Waals surface area contributed by atoms with E-state index in [1.807, 2.05) is 60.7 Å². The van der Waals surface area contributed by atoms with E-state index in [2.05, 4.69) is 0 Å². The summed E-state index contributed by atoms with van der Waals surface area (Å²) in [6, 6.07) is 19.0. The fraction of sp³-hybridized carbons (Fsp3) is 0.150. The van der Waals surface area contributed by atoms with Crippen LogP contribution >= 0.6 is 11.6 Å². The predicted molar refractivity (Wildman–Crippen MR) is 97.7 cm³/mol. The summed E-state index contributed by atoms with van der Waals surface area (Å²) in [5.74, 6) is 0.730.